The quantitative estimate of drug-likeness (QED) is 0.452. The minimum atomic E-state index is 0.451. The summed E-state index contributed by atoms with van der Waals surface area (Å²) in [6.45, 7) is 2.15. The van der Waals surface area contributed by atoms with Crippen molar-refractivity contribution in [1.82, 2.24) is 0 Å². The molecule has 1 unspecified atom stereocenters. The van der Waals surface area contributed by atoms with Gasteiger partial charge in [-0.15, -0.1) is 0 Å². The predicted octanol–water partition coefficient (Wildman–Crippen LogP) is 6.27. The third-order valence-corrected chi connectivity index (χ3v) is 7.78. The molecule has 3 aromatic carbocycles. The fourth-order valence-corrected chi connectivity index (χ4v) is 6.24. The van der Waals surface area contributed by atoms with Gasteiger partial charge in [0, 0.05) is 0 Å². The van der Waals surface area contributed by atoms with Crippen LogP contribution in [0, 0.1) is 6.92 Å². The van der Waals surface area contributed by atoms with Crippen molar-refractivity contribution in [3.05, 3.63) is 119 Å². The standard InChI is InChI=1S/C25H22Se/c1-19-12-15-22(16-13-19)25-23(17-14-20-8-4-2-5-9-20)18-24(26-25)21-10-6-3-7-11-21/h2-17,24H,18H2,1H3. The summed E-state index contributed by atoms with van der Waals surface area (Å²) in [6, 6.07) is 30.6. The molecule has 0 amide bonds. The van der Waals surface area contributed by atoms with Crippen molar-refractivity contribution in [2.24, 2.45) is 0 Å². The van der Waals surface area contributed by atoms with Gasteiger partial charge in [-0.05, 0) is 0 Å². The van der Waals surface area contributed by atoms with Crippen molar-refractivity contribution in [2.75, 3.05) is 0 Å². The minimum absolute atomic E-state index is 0.451. The molecule has 3 aromatic rings. The van der Waals surface area contributed by atoms with E-state index in [9.17, 15) is 0 Å². The zero-order chi connectivity index (χ0) is 17.8. The van der Waals surface area contributed by atoms with E-state index in [1.54, 1.807) is 4.47 Å². The number of aryl methyl sites for hydroxylation is 1. The average molecular weight is 401 g/mol. The van der Waals surface area contributed by atoms with Gasteiger partial charge in [0.25, 0.3) is 0 Å². The SMILES string of the molecule is Cc1ccc(C2=C(C=Cc3ccccc3)CC(c3ccccc3)[Se]2)cc1. The molecule has 1 heteroatoms. The van der Waals surface area contributed by atoms with Gasteiger partial charge < -0.3 is 0 Å². The Hall–Kier alpha value is -2.34. The molecule has 0 saturated heterocycles. The number of hydrogen-bond donors (Lipinski definition) is 0. The van der Waals surface area contributed by atoms with Crippen molar-refractivity contribution in [1.29, 1.82) is 0 Å². The molecule has 0 radical (unpaired) electrons. The van der Waals surface area contributed by atoms with E-state index in [4.69, 9.17) is 0 Å². The molecule has 0 N–H and O–H groups in total. The molecule has 128 valence electrons. The summed E-state index contributed by atoms with van der Waals surface area (Å²) >= 11 is 0.451. The van der Waals surface area contributed by atoms with Gasteiger partial charge in [-0.3, -0.25) is 0 Å². The molecule has 1 aliphatic heterocycles. The molecule has 1 aliphatic rings. The molecule has 0 nitrogen and oxygen atoms in total. The van der Waals surface area contributed by atoms with Crippen molar-refractivity contribution < 1.29 is 0 Å². The van der Waals surface area contributed by atoms with E-state index >= 15 is 0 Å². The summed E-state index contributed by atoms with van der Waals surface area (Å²) < 4.78 is 1.55. The van der Waals surface area contributed by atoms with Crippen LogP contribution >= 0.6 is 0 Å². The third-order valence-electron chi connectivity index (χ3n) is 4.72. The van der Waals surface area contributed by atoms with Crippen LogP contribution in [0.4, 0.5) is 0 Å². The second-order valence-electron chi connectivity index (χ2n) is 6.69. The van der Waals surface area contributed by atoms with Crippen LogP contribution in [-0.4, -0.2) is 15.0 Å². The molecular formula is C25H22Se. The molecule has 0 saturated carbocycles. The van der Waals surface area contributed by atoms with Gasteiger partial charge >= 0.3 is 162 Å². The van der Waals surface area contributed by atoms with Crippen molar-refractivity contribution in [3.8, 4) is 0 Å². The zero-order valence-corrected chi connectivity index (χ0v) is 16.6. The van der Waals surface area contributed by atoms with Crippen molar-refractivity contribution in [2.45, 2.75) is 18.2 Å². The van der Waals surface area contributed by atoms with E-state index in [0.29, 0.717) is 19.8 Å². The zero-order valence-electron chi connectivity index (χ0n) is 14.9. The number of hydrogen-bond acceptors (Lipinski definition) is 0. The Bertz CT molecular complexity index is 919. The summed E-state index contributed by atoms with van der Waals surface area (Å²) in [6.07, 6.45) is 5.73. The summed E-state index contributed by atoms with van der Waals surface area (Å²) in [4.78, 5) is 0.635. The summed E-state index contributed by atoms with van der Waals surface area (Å²) in [7, 11) is 0. The first-order valence-electron chi connectivity index (χ1n) is 9.04. The number of rotatable bonds is 4. The van der Waals surface area contributed by atoms with Crippen molar-refractivity contribution in [3.63, 3.8) is 0 Å². The Morgan fingerprint density at radius 1 is 0.769 bits per heavy atom. The van der Waals surface area contributed by atoms with E-state index < -0.39 is 0 Å². The van der Waals surface area contributed by atoms with Gasteiger partial charge in [0.15, 0.2) is 0 Å². The monoisotopic (exact) mass is 402 g/mol. The molecule has 1 atom stereocenters. The van der Waals surface area contributed by atoms with Crippen LogP contribution in [0.2, 0.25) is 0 Å². The van der Waals surface area contributed by atoms with Crippen LogP contribution in [0.3, 0.4) is 0 Å². The Balaban J connectivity index is 1.67. The molecular weight excluding hydrogens is 379 g/mol. The van der Waals surface area contributed by atoms with Crippen LogP contribution in [0.15, 0.2) is 96.6 Å². The molecule has 0 aliphatic carbocycles. The second-order valence-corrected chi connectivity index (χ2v) is 9.23. The maximum absolute atomic E-state index is 2.34. The van der Waals surface area contributed by atoms with Gasteiger partial charge in [0.05, 0.1) is 0 Å². The first-order valence-corrected chi connectivity index (χ1v) is 10.9. The molecule has 0 spiro atoms. The van der Waals surface area contributed by atoms with Gasteiger partial charge in [-0.2, -0.15) is 0 Å². The maximum atomic E-state index is 2.34. The van der Waals surface area contributed by atoms with E-state index in [1.165, 1.54) is 27.8 Å². The second kappa shape index (κ2) is 7.91. The molecule has 0 fully saturated rings. The average Bonchev–Trinajstić information content (AvgIpc) is 3.13. The van der Waals surface area contributed by atoms with Gasteiger partial charge in [0.1, 0.15) is 0 Å². The molecule has 1 heterocycles. The number of benzene rings is 3. The van der Waals surface area contributed by atoms with Crippen LogP contribution < -0.4 is 0 Å². The molecule has 0 aromatic heterocycles. The fraction of sp³-hybridized carbons (Fsp3) is 0.120. The van der Waals surface area contributed by atoms with E-state index in [1.807, 2.05) is 0 Å². The van der Waals surface area contributed by atoms with Crippen LogP contribution in [0.5, 0.6) is 0 Å². The fourth-order valence-electron chi connectivity index (χ4n) is 3.27. The third kappa shape index (κ3) is 3.90. The summed E-state index contributed by atoms with van der Waals surface area (Å²) in [5, 5.41) is 0. The van der Waals surface area contributed by atoms with Gasteiger partial charge in [0.2, 0.25) is 0 Å². The Labute approximate surface area is 162 Å². The summed E-state index contributed by atoms with van der Waals surface area (Å²) in [5.41, 5.74) is 6.94. The molecule has 0 bridgehead atoms. The Kier molecular flexibility index (Phi) is 5.20. The van der Waals surface area contributed by atoms with Crippen LogP contribution in [0.25, 0.3) is 10.5 Å². The number of allylic oxidation sites excluding steroid dienone is 2. The van der Waals surface area contributed by atoms with Crippen LogP contribution in [-0.2, 0) is 0 Å². The van der Waals surface area contributed by atoms with Gasteiger partial charge in [-0.25, -0.2) is 0 Å². The normalized spacial score (nSPS) is 17.2. The van der Waals surface area contributed by atoms with Gasteiger partial charge in [-0.1, -0.05) is 0 Å². The van der Waals surface area contributed by atoms with E-state index in [0.717, 1.165) is 6.42 Å². The summed E-state index contributed by atoms with van der Waals surface area (Å²) in [5.74, 6) is 0. The topological polar surface area (TPSA) is 0 Å². The Morgan fingerprint density at radius 2 is 1.42 bits per heavy atom. The molecule has 26 heavy (non-hydrogen) atoms. The first-order chi connectivity index (χ1) is 12.8. The van der Waals surface area contributed by atoms with E-state index in [-0.39, 0.29) is 0 Å². The van der Waals surface area contributed by atoms with Crippen molar-refractivity contribution >= 4 is 25.5 Å². The first kappa shape index (κ1) is 17.1. The molecule has 4 rings (SSSR count). The van der Waals surface area contributed by atoms with E-state index in [2.05, 4.69) is 104 Å². The van der Waals surface area contributed by atoms with Crippen LogP contribution in [0.1, 0.15) is 33.5 Å². The predicted molar refractivity (Wildman–Crippen MR) is 113 cm³/mol. The Morgan fingerprint density at radius 3 is 2.12 bits per heavy atom.